The predicted octanol–water partition coefficient (Wildman–Crippen LogP) is 3.59. The summed E-state index contributed by atoms with van der Waals surface area (Å²) in [6.07, 6.45) is -0.544. The Kier molecular flexibility index (Phi) is 3.90. The number of benzene rings is 2. The lowest BCUT2D eigenvalue weighted by molar-refractivity contribution is -0.108. The molecular formula is C17H16N2O2. The second-order valence-electron chi connectivity index (χ2n) is 4.62. The van der Waals surface area contributed by atoms with Crippen LogP contribution in [-0.4, -0.2) is 24.2 Å². The zero-order chi connectivity index (χ0) is 14.7. The molecule has 1 heterocycles. The van der Waals surface area contributed by atoms with Crippen LogP contribution in [0.3, 0.4) is 0 Å². The second kappa shape index (κ2) is 5.99. The number of fused-ring (bicyclic) bond motifs is 1. The number of para-hydroxylation sites is 2. The van der Waals surface area contributed by atoms with Crippen molar-refractivity contribution in [1.82, 2.24) is 9.97 Å². The number of aromatic nitrogens is 2. The van der Waals surface area contributed by atoms with Gasteiger partial charge < -0.3 is 9.47 Å². The Morgan fingerprint density at radius 3 is 1.95 bits per heavy atom. The second-order valence-corrected chi connectivity index (χ2v) is 4.62. The standard InChI is InChI=1S/C17H16N2O2/c1-20-17(21-2)16-15(12-8-4-3-5-9-12)18-13-10-6-7-11-14(13)19-16/h3-11,17H,1-2H3/i1+1,2+1,17+1. The zero-order valence-corrected chi connectivity index (χ0v) is 12.0. The molecule has 0 amide bonds. The van der Waals surface area contributed by atoms with Crippen LogP contribution in [-0.2, 0) is 9.47 Å². The molecule has 0 aliphatic carbocycles. The minimum atomic E-state index is -0.544. The number of nitrogens with zero attached hydrogens (tertiary/aromatic N) is 2. The third-order valence-electron chi connectivity index (χ3n) is 3.30. The highest BCUT2D eigenvalue weighted by Crippen LogP contribution is 2.29. The molecule has 0 atom stereocenters. The summed E-state index contributed by atoms with van der Waals surface area (Å²) in [4.78, 5) is 9.42. The summed E-state index contributed by atoms with van der Waals surface area (Å²) in [5, 5.41) is 0. The number of ether oxygens (including phenoxy) is 2. The first-order valence-electron chi connectivity index (χ1n) is 6.71. The average molecular weight is 283 g/mol. The van der Waals surface area contributed by atoms with Crippen molar-refractivity contribution in [2.45, 2.75) is 6.29 Å². The fraction of sp³-hybridized carbons (Fsp3) is 0.176. The van der Waals surface area contributed by atoms with E-state index in [0.717, 1.165) is 22.3 Å². The summed E-state index contributed by atoms with van der Waals surface area (Å²) in [6.45, 7) is 0. The summed E-state index contributed by atoms with van der Waals surface area (Å²) in [7, 11) is 3.19. The number of rotatable bonds is 4. The third kappa shape index (κ3) is 2.63. The van der Waals surface area contributed by atoms with Crippen LogP contribution in [0.15, 0.2) is 54.6 Å². The van der Waals surface area contributed by atoms with E-state index in [0.29, 0.717) is 5.69 Å². The van der Waals surface area contributed by atoms with Gasteiger partial charge in [0.05, 0.1) is 16.7 Å². The van der Waals surface area contributed by atoms with Crippen molar-refractivity contribution in [2.75, 3.05) is 14.2 Å². The Bertz CT molecular complexity index is 740. The molecule has 0 fully saturated rings. The maximum atomic E-state index is 5.37. The Morgan fingerprint density at radius 2 is 1.33 bits per heavy atom. The van der Waals surface area contributed by atoms with E-state index >= 15 is 0 Å². The lowest BCUT2D eigenvalue weighted by Gasteiger charge is -2.17. The molecule has 4 nitrogen and oxygen atoms in total. The lowest BCUT2D eigenvalue weighted by Crippen LogP contribution is -2.09. The summed E-state index contributed by atoms with van der Waals surface area (Å²) in [6, 6.07) is 17.7. The SMILES string of the molecule is [13CH3]O[13CH](O[13CH3])c1nc2ccccc2nc1-c1ccccc1. The Hall–Kier alpha value is -2.30. The van der Waals surface area contributed by atoms with Crippen molar-refractivity contribution in [3.8, 4) is 11.3 Å². The molecule has 4 heteroatoms. The van der Waals surface area contributed by atoms with Crippen molar-refractivity contribution in [2.24, 2.45) is 0 Å². The topological polar surface area (TPSA) is 44.2 Å². The smallest absolute Gasteiger partial charge is 0.202 e. The summed E-state index contributed by atoms with van der Waals surface area (Å²) in [5.41, 5.74) is 4.13. The van der Waals surface area contributed by atoms with Crippen LogP contribution >= 0.6 is 0 Å². The highest BCUT2D eigenvalue weighted by molar-refractivity contribution is 5.78. The van der Waals surface area contributed by atoms with E-state index in [2.05, 4.69) is 4.98 Å². The predicted molar refractivity (Wildman–Crippen MR) is 81.7 cm³/mol. The fourth-order valence-electron chi connectivity index (χ4n) is 2.31. The van der Waals surface area contributed by atoms with Crippen molar-refractivity contribution < 1.29 is 9.47 Å². The molecule has 106 valence electrons. The van der Waals surface area contributed by atoms with E-state index in [1.807, 2.05) is 54.6 Å². The Balaban J connectivity index is 2.26. The average Bonchev–Trinajstić information content (AvgIpc) is 2.56. The molecule has 3 rings (SSSR count). The molecule has 0 saturated heterocycles. The first kappa shape index (κ1) is 13.7. The molecule has 2 aromatic carbocycles. The zero-order valence-electron chi connectivity index (χ0n) is 12.0. The van der Waals surface area contributed by atoms with Gasteiger partial charge in [-0.15, -0.1) is 0 Å². The molecule has 0 bridgehead atoms. The number of hydrogen-bond acceptors (Lipinski definition) is 4. The molecule has 3 aromatic rings. The summed E-state index contributed by atoms with van der Waals surface area (Å²) >= 11 is 0. The van der Waals surface area contributed by atoms with E-state index in [1.54, 1.807) is 14.2 Å². The van der Waals surface area contributed by atoms with E-state index in [1.165, 1.54) is 0 Å². The Labute approximate surface area is 123 Å². The largest absolute Gasteiger partial charge is 0.350 e. The molecule has 0 spiro atoms. The van der Waals surface area contributed by atoms with Crippen LogP contribution < -0.4 is 0 Å². The lowest BCUT2D eigenvalue weighted by atomic mass is 10.1. The summed E-state index contributed by atoms with van der Waals surface area (Å²) < 4.78 is 10.7. The number of methoxy groups -OCH3 is 2. The minimum Gasteiger partial charge on any atom is -0.350 e. The third-order valence-corrected chi connectivity index (χ3v) is 3.30. The monoisotopic (exact) mass is 283 g/mol. The first-order chi connectivity index (χ1) is 10.3. The maximum Gasteiger partial charge on any atom is 0.202 e. The Morgan fingerprint density at radius 1 is 0.762 bits per heavy atom. The van der Waals surface area contributed by atoms with Gasteiger partial charge in [0.15, 0.2) is 0 Å². The van der Waals surface area contributed by atoms with Crippen molar-refractivity contribution >= 4 is 11.0 Å². The van der Waals surface area contributed by atoms with E-state index in [-0.39, 0.29) is 0 Å². The van der Waals surface area contributed by atoms with Crippen LogP contribution in [0.2, 0.25) is 0 Å². The van der Waals surface area contributed by atoms with Crippen LogP contribution in [0.5, 0.6) is 0 Å². The molecular weight excluding hydrogens is 267 g/mol. The molecule has 0 N–H and O–H groups in total. The highest BCUT2D eigenvalue weighted by atomic mass is 16.8. The highest BCUT2D eigenvalue weighted by Gasteiger charge is 2.19. The molecule has 0 unspecified atom stereocenters. The van der Waals surface area contributed by atoms with E-state index in [4.69, 9.17) is 14.5 Å². The number of hydrogen-bond donors (Lipinski definition) is 0. The maximum absolute atomic E-state index is 5.37. The van der Waals surface area contributed by atoms with Gasteiger partial charge in [-0.25, -0.2) is 9.97 Å². The molecule has 1 aromatic heterocycles. The quantitative estimate of drug-likeness (QED) is 0.542. The normalized spacial score (nSPS) is 11.2. The van der Waals surface area contributed by atoms with E-state index < -0.39 is 6.29 Å². The van der Waals surface area contributed by atoms with Crippen molar-refractivity contribution in [3.63, 3.8) is 0 Å². The van der Waals surface area contributed by atoms with Crippen molar-refractivity contribution in [3.05, 3.63) is 60.3 Å². The van der Waals surface area contributed by atoms with Crippen molar-refractivity contribution in [1.29, 1.82) is 0 Å². The van der Waals surface area contributed by atoms with Gasteiger partial charge in [-0.05, 0) is 12.1 Å². The van der Waals surface area contributed by atoms with Gasteiger partial charge in [-0.3, -0.25) is 0 Å². The molecule has 0 saturated carbocycles. The molecule has 0 radical (unpaired) electrons. The molecule has 0 aliphatic heterocycles. The van der Waals surface area contributed by atoms with Gasteiger partial charge in [0.25, 0.3) is 0 Å². The van der Waals surface area contributed by atoms with Crippen LogP contribution in [0.1, 0.15) is 12.0 Å². The molecule has 0 aliphatic rings. The van der Waals surface area contributed by atoms with Gasteiger partial charge in [0.1, 0.15) is 5.69 Å². The fourth-order valence-corrected chi connectivity index (χ4v) is 2.31. The summed E-state index contributed by atoms with van der Waals surface area (Å²) in [5.74, 6) is 0. The van der Waals surface area contributed by atoms with Gasteiger partial charge >= 0.3 is 0 Å². The first-order valence-corrected chi connectivity index (χ1v) is 6.71. The van der Waals surface area contributed by atoms with E-state index in [9.17, 15) is 0 Å². The van der Waals surface area contributed by atoms with Gasteiger partial charge in [0, 0.05) is 19.8 Å². The van der Waals surface area contributed by atoms with Crippen LogP contribution in [0.4, 0.5) is 0 Å². The van der Waals surface area contributed by atoms with Crippen LogP contribution in [0.25, 0.3) is 22.3 Å². The van der Waals surface area contributed by atoms with Gasteiger partial charge in [0.2, 0.25) is 6.29 Å². The van der Waals surface area contributed by atoms with Crippen LogP contribution in [0, 0.1) is 0 Å². The van der Waals surface area contributed by atoms with Gasteiger partial charge in [-0.2, -0.15) is 0 Å². The van der Waals surface area contributed by atoms with Gasteiger partial charge in [-0.1, -0.05) is 42.5 Å². The molecule has 21 heavy (non-hydrogen) atoms. The minimum absolute atomic E-state index is 0.544.